The molecule has 1 aromatic heterocycles. The predicted octanol–water partition coefficient (Wildman–Crippen LogP) is 3.62. The highest BCUT2D eigenvalue weighted by Gasteiger charge is 2.06. The zero-order valence-corrected chi connectivity index (χ0v) is 11.8. The van der Waals surface area contributed by atoms with E-state index < -0.39 is 0 Å². The lowest BCUT2D eigenvalue weighted by Crippen LogP contribution is -1.99. The van der Waals surface area contributed by atoms with Crippen LogP contribution >= 0.6 is 11.8 Å². The lowest BCUT2D eigenvalue weighted by molar-refractivity contribution is 1.01. The fraction of sp³-hybridized carbons (Fsp3) is 0.267. The van der Waals surface area contributed by atoms with Gasteiger partial charge in [-0.1, -0.05) is 23.9 Å². The SMILES string of the molecule is Cc1cc(C)nc(Sc2cc(C)ccc2CN)c1. The van der Waals surface area contributed by atoms with Gasteiger partial charge in [-0.2, -0.15) is 0 Å². The van der Waals surface area contributed by atoms with E-state index in [4.69, 9.17) is 5.73 Å². The normalized spacial score (nSPS) is 10.7. The van der Waals surface area contributed by atoms with Crippen LogP contribution in [0, 0.1) is 20.8 Å². The Morgan fingerprint density at radius 3 is 2.50 bits per heavy atom. The maximum Gasteiger partial charge on any atom is 0.101 e. The van der Waals surface area contributed by atoms with Crippen LogP contribution in [0.3, 0.4) is 0 Å². The molecule has 3 heteroatoms. The molecule has 0 spiro atoms. The Labute approximate surface area is 113 Å². The first-order valence-corrected chi connectivity index (χ1v) is 6.83. The van der Waals surface area contributed by atoms with Crippen molar-refractivity contribution in [1.29, 1.82) is 0 Å². The van der Waals surface area contributed by atoms with Gasteiger partial charge >= 0.3 is 0 Å². The van der Waals surface area contributed by atoms with Crippen LogP contribution in [-0.4, -0.2) is 4.98 Å². The summed E-state index contributed by atoms with van der Waals surface area (Å²) in [6, 6.07) is 10.6. The molecule has 0 aliphatic rings. The number of hydrogen-bond donors (Lipinski definition) is 1. The third-order valence-electron chi connectivity index (χ3n) is 2.73. The second-order valence-corrected chi connectivity index (χ2v) is 5.60. The minimum Gasteiger partial charge on any atom is -0.326 e. The highest BCUT2D eigenvalue weighted by molar-refractivity contribution is 7.99. The van der Waals surface area contributed by atoms with Gasteiger partial charge in [-0.3, -0.25) is 0 Å². The van der Waals surface area contributed by atoms with E-state index in [-0.39, 0.29) is 0 Å². The van der Waals surface area contributed by atoms with Crippen LogP contribution < -0.4 is 5.73 Å². The first-order valence-electron chi connectivity index (χ1n) is 6.01. The van der Waals surface area contributed by atoms with Crippen molar-refractivity contribution in [1.82, 2.24) is 4.98 Å². The van der Waals surface area contributed by atoms with Crippen molar-refractivity contribution in [2.45, 2.75) is 37.2 Å². The summed E-state index contributed by atoms with van der Waals surface area (Å²) >= 11 is 1.69. The van der Waals surface area contributed by atoms with E-state index in [0.717, 1.165) is 10.7 Å². The molecule has 0 saturated heterocycles. The average Bonchev–Trinajstić information content (AvgIpc) is 2.27. The van der Waals surface area contributed by atoms with E-state index in [9.17, 15) is 0 Å². The predicted molar refractivity (Wildman–Crippen MR) is 76.9 cm³/mol. The first kappa shape index (κ1) is 13.1. The Morgan fingerprint density at radius 2 is 1.83 bits per heavy atom. The van der Waals surface area contributed by atoms with Crippen molar-refractivity contribution in [3.63, 3.8) is 0 Å². The van der Waals surface area contributed by atoms with Crippen LogP contribution in [0.5, 0.6) is 0 Å². The quantitative estimate of drug-likeness (QED) is 0.914. The van der Waals surface area contributed by atoms with Gasteiger partial charge in [0.05, 0.1) is 0 Å². The van der Waals surface area contributed by atoms with Gasteiger partial charge in [0.15, 0.2) is 0 Å². The molecule has 2 nitrogen and oxygen atoms in total. The number of aryl methyl sites for hydroxylation is 3. The summed E-state index contributed by atoms with van der Waals surface area (Å²) in [5.74, 6) is 0. The lowest BCUT2D eigenvalue weighted by atomic mass is 10.1. The van der Waals surface area contributed by atoms with Crippen molar-refractivity contribution in [2.75, 3.05) is 0 Å². The molecule has 1 aromatic carbocycles. The molecule has 0 aliphatic heterocycles. The van der Waals surface area contributed by atoms with Crippen LogP contribution in [-0.2, 0) is 6.54 Å². The van der Waals surface area contributed by atoms with E-state index in [1.807, 2.05) is 6.92 Å². The standard InChI is InChI=1S/C15H18N2S/c1-10-4-5-13(9-16)14(7-10)18-15-8-11(2)6-12(3)17-15/h4-8H,9,16H2,1-3H3. The second kappa shape index (κ2) is 5.55. The third kappa shape index (κ3) is 3.12. The molecule has 0 unspecified atom stereocenters. The van der Waals surface area contributed by atoms with Crippen LogP contribution in [0.4, 0.5) is 0 Å². The minimum atomic E-state index is 0.563. The highest BCUT2D eigenvalue weighted by Crippen LogP contribution is 2.30. The topological polar surface area (TPSA) is 38.9 Å². The van der Waals surface area contributed by atoms with E-state index in [2.05, 4.69) is 49.2 Å². The van der Waals surface area contributed by atoms with Gasteiger partial charge in [0.2, 0.25) is 0 Å². The minimum absolute atomic E-state index is 0.563. The van der Waals surface area contributed by atoms with Gasteiger partial charge in [-0.05, 0) is 55.7 Å². The van der Waals surface area contributed by atoms with Crippen LogP contribution in [0.15, 0.2) is 40.3 Å². The number of aromatic nitrogens is 1. The summed E-state index contributed by atoms with van der Waals surface area (Å²) in [6.45, 7) is 6.78. The van der Waals surface area contributed by atoms with Crippen molar-refractivity contribution >= 4 is 11.8 Å². The van der Waals surface area contributed by atoms with Gasteiger partial charge in [-0.25, -0.2) is 4.98 Å². The molecular formula is C15H18N2S. The number of pyridine rings is 1. The monoisotopic (exact) mass is 258 g/mol. The zero-order valence-electron chi connectivity index (χ0n) is 11.0. The maximum absolute atomic E-state index is 5.78. The number of nitrogens with two attached hydrogens (primary N) is 1. The molecule has 18 heavy (non-hydrogen) atoms. The fourth-order valence-electron chi connectivity index (χ4n) is 1.89. The smallest absolute Gasteiger partial charge is 0.101 e. The molecule has 0 atom stereocenters. The number of hydrogen-bond acceptors (Lipinski definition) is 3. The Balaban J connectivity index is 2.35. The fourth-order valence-corrected chi connectivity index (χ4v) is 3.08. The summed E-state index contributed by atoms with van der Waals surface area (Å²) in [7, 11) is 0. The Bertz CT molecular complexity index is 544. The number of nitrogens with zero attached hydrogens (tertiary/aromatic N) is 1. The summed E-state index contributed by atoms with van der Waals surface area (Å²) in [5.41, 5.74) is 10.5. The van der Waals surface area contributed by atoms with E-state index in [0.29, 0.717) is 6.54 Å². The highest BCUT2D eigenvalue weighted by atomic mass is 32.2. The Kier molecular flexibility index (Phi) is 4.04. The molecule has 1 heterocycles. The van der Waals surface area contributed by atoms with Gasteiger partial charge in [0.25, 0.3) is 0 Å². The van der Waals surface area contributed by atoms with Gasteiger partial charge in [0, 0.05) is 17.1 Å². The van der Waals surface area contributed by atoms with Gasteiger partial charge in [0.1, 0.15) is 5.03 Å². The van der Waals surface area contributed by atoms with Gasteiger partial charge < -0.3 is 5.73 Å². The van der Waals surface area contributed by atoms with Crippen LogP contribution in [0.1, 0.15) is 22.4 Å². The maximum atomic E-state index is 5.78. The summed E-state index contributed by atoms with van der Waals surface area (Å²) < 4.78 is 0. The van der Waals surface area contributed by atoms with Crippen molar-refractivity contribution < 1.29 is 0 Å². The molecule has 2 aromatic rings. The lowest BCUT2D eigenvalue weighted by Gasteiger charge is -2.09. The molecule has 2 N–H and O–H groups in total. The first-order chi connectivity index (χ1) is 8.58. The van der Waals surface area contributed by atoms with E-state index in [1.54, 1.807) is 11.8 Å². The molecule has 94 valence electrons. The van der Waals surface area contributed by atoms with E-state index in [1.165, 1.54) is 21.6 Å². The molecule has 2 rings (SSSR count). The Hall–Kier alpha value is -1.32. The van der Waals surface area contributed by atoms with Crippen molar-refractivity contribution in [2.24, 2.45) is 5.73 Å². The summed E-state index contributed by atoms with van der Waals surface area (Å²) in [6.07, 6.45) is 0. The van der Waals surface area contributed by atoms with Crippen molar-refractivity contribution in [3.8, 4) is 0 Å². The molecule has 0 amide bonds. The van der Waals surface area contributed by atoms with E-state index >= 15 is 0 Å². The molecule has 0 aliphatic carbocycles. The van der Waals surface area contributed by atoms with Crippen molar-refractivity contribution in [3.05, 3.63) is 52.7 Å². The number of rotatable bonds is 3. The molecule has 0 fully saturated rings. The third-order valence-corrected chi connectivity index (χ3v) is 3.75. The molecule has 0 saturated carbocycles. The average molecular weight is 258 g/mol. The second-order valence-electron chi connectivity index (χ2n) is 4.54. The largest absolute Gasteiger partial charge is 0.326 e. The van der Waals surface area contributed by atoms with Crippen LogP contribution in [0.25, 0.3) is 0 Å². The summed E-state index contributed by atoms with van der Waals surface area (Å²) in [4.78, 5) is 5.76. The summed E-state index contributed by atoms with van der Waals surface area (Å²) in [5, 5.41) is 1.04. The molecule has 0 bridgehead atoms. The zero-order chi connectivity index (χ0) is 13.1. The van der Waals surface area contributed by atoms with Crippen LogP contribution in [0.2, 0.25) is 0 Å². The van der Waals surface area contributed by atoms with Gasteiger partial charge in [-0.15, -0.1) is 0 Å². The molecule has 0 radical (unpaired) electrons. The molecular weight excluding hydrogens is 240 g/mol. The Morgan fingerprint density at radius 1 is 1.06 bits per heavy atom. The number of benzene rings is 1.